The summed E-state index contributed by atoms with van der Waals surface area (Å²) in [5.41, 5.74) is 7.71. The van der Waals surface area contributed by atoms with E-state index in [0.29, 0.717) is 25.2 Å². The Kier molecular flexibility index (Phi) is 15.2. The fourth-order valence-electron chi connectivity index (χ4n) is 9.38. The number of halogens is 1. The van der Waals surface area contributed by atoms with Crippen molar-refractivity contribution in [2.45, 2.75) is 66.2 Å². The molecule has 4 saturated heterocycles. The zero-order valence-electron chi connectivity index (χ0n) is 40.8. The molecule has 0 bridgehead atoms. The van der Waals surface area contributed by atoms with E-state index < -0.39 is 5.60 Å². The summed E-state index contributed by atoms with van der Waals surface area (Å²) in [5.74, 6) is 1.89. The molecule has 18 nitrogen and oxygen atoms in total. The SMILES string of the molecule is CC(C)N1CCN(c2cnc(-c3cc4c(N5CCN(C(=O)OC(C)(C)C)CC5)ccnn4c3)cn2)CC1.CC(C)N1CCN(c2cnc(-c3cc4c(N5CCNCC5)ccnn4c3)cn2)CC1.Cl. The van der Waals surface area contributed by atoms with Crippen LogP contribution >= 0.6 is 12.4 Å². The van der Waals surface area contributed by atoms with Gasteiger partial charge in [-0.2, -0.15) is 10.2 Å². The second-order valence-corrected chi connectivity index (χ2v) is 19.5. The predicted molar refractivity (Wildman–Crippen MR) is 273 cm³/mol. The molecule has 0 aliphatic carbocycles. The molecule has 0 saturated carbocycles. The minimum Gasteiger partial charge on any atom is -0.444 e. The molecule has 10 heterocycles. The van der Waals surface area contributed by atoms with E-state index in [1.165, 1.54) is 5.69 Å². The molecule has 4 fully saturated rings. The maximum absolute atomic E-state index is 12.4. The van der Waals surface area contributed by atoms with Crippen molar-refractivity contribution in [1.29, 1.82) is 0 Å². The van der Waals surface area contributed by atoms with Crippen LogP contribution in [0.25, 0.3) is 33.5 Å². The number of anilines is 4. The van der Waals surface area contributed by atoms with Gasteiger partial charge in [0.1, 0.15) is 17.2 Å². The van der Waals surface area contributed by atoms with E-state index in [9.17, 15) is 4.79 Å². The van der Waals surface area contributed by atoms with Crippen LogP contribution < -0.4 is 24.9 Å². The number of aromatic nitrogens is 8. The number of hydrogen-bond donors (Lipinski definition) is 1. The second kappa shape index (κ2) is 21.2. The normalized spacial score (nSPS) is 17.8. The van der Waals surface area contributed by atoms with E-state index in [0.717, 1.165) is 142 Å². The van der Waals surface area contributed by atoms with E-state index in [-0.39, 0.29) is 18.5 Å². The number of nitrogens with one attached hydrogen (secondary N) is 1. The summed E-state index contributed by atoms with van der Waals surface area (Å²) >= 11 is 0. The zero-order valence-corrected chi connectivity index (χ0v) is 41.6. The van der Waals surface area contributed by atoms with Gasteiger partial charge < -0.3 is 34.6 Å². The van der Waals surface area contributed by atoms with Gasteiger partial charge in [0.2, 0.25) is 0 Å². The van der Waals surface area contributed by atoms with Crippen molar-refractivity contribution < 1.29 is 9.53 Å². The molecule has 6 aromatic heterocycles. The number of fused-ring (bicyclic) bond motifs is 2. The van der Waals surface area contributed by atoms with Crippen LogP contribution in [0.1, 0.15) is 48.5 Å². The number of ether oxygens (including phenoxy) is 1. The first-order chi connectivity index (χ1) is 32.4. The maximum atomic E-state index is 12.4. The lowest BCUT2D eigenvalue weighted by atomic mass is 10.2. The van der Waals surface area contributed by atoms with Crippen LogP contribution in [0.3, 0.4) is 0 Å². The standard InChI is InChI=1S/C27H38N8O2.C22H30N8.ClH/c1-20(2)31-8-12-33(13-9-31)25-18-28-22(17-29-25)21-16-24-23(6-7-30-35(24)19-21)32-10-14-34(15-11-32)26(36)37-27(3,4)5;1-17(2)27-9-11-29(12-10-27)22-15-24-19(14-25-22)18-13-21-20(3-4-26-30(21)16-18)28-7-5-23-6-8-28;/h6-7,16-20H,8-15H2,1-5H3;3-4,13-17,23H,5-12H2,1-2H3;1H. The second-order valence-electron chi connectivity index (χ2n) is 19.5. The number of piperazine rings is 4. The minimum absolute atomic E-state index is 0. The van der Waals surface area contributed by atoms with Crippen LogP contribution in [-0.2, 0) is 4.74 Å². The molecule has 6 aromatic rings. The first-order valence-corrected chi connectivity index (χ1v) is 24.1. The molecule has 0 atom stereocenters. The molecule has 4 aliphatic rings. The third kappa shape index (κ3) is 11.2. The highest BCUT2D eigenvalue weighted by atomic mass is 35.5. The van der Waals surface area contributed by atoms with E-state index in [1.807, 2.05) is 85.4 Å². The molecule has 364 valence electrons. The highest BCUT2D eigenvalue weighted by Gasteiger charge is 2.28. The quantitative estimate of drug-likeness (QED) is 0.204. The smallest absolute Gasteiger partial charge is 0.410 e. The predicted octanol–water partition coefficient (Wildman–Crippen LogP) is 5.53. The van der Waals surface area contributed by atoms with Crippen molar-refractivity contribution >= 4 is 52.5 Å². The number of amides is 1. The molecule has 10 rings (SSSR count). The third-order valence-corrected chi connectivity index (χ3v) is 13.3. The summed E-state index contributed by atoms with van der Waals surface area (Å²) in [7, 11) is 0. The van der Waals surface area contributed by atoms with Crippen molar-refractivity contribution in [3.8, 4) is 22.5 Å². The summed E-state index contributed by atoms with van der Waals surface area (Å²) < 4.78 is 9.38. The minimum atomic E-state index is -0.488. The molecule has 19 heteroatoms. The lowest BCUT2D eigenvalue weighted by Gasteiger charge is -2.37. The summed E-state index contributed by atoms with van der Waals surface area (Å²) in [6.45, 7) is 29.6. The lowest BCUT2D eigenvalue weighted by Crippen LogP contribution is -2.50. The monoisotopic (exact) mass is 949 g/mol. The Morgan fingerprint density at radius 2 is 1.00 bits per heavy atom. The largest absolute Gasteiger partial charge is 0.444 e. The Balaban J connectivity index is 0.000000185. The highest BCUT2D eigenvalue weighted by molar-refractivity contribution is 5.85. The zero-order chi connectivity index (χ0) is 46.7. The summed E-state index contributed by atoms with van der Waals surface area (Å²) in [5, 5.41) is 12.4. The van der Waals surface area contributed by atoms with E-state index in [2.05, 4.69) is 90.8 Å². The topological polar surface area (TPSA) is 147 Å². The molecule has 0 radical (unpaired) electrons. The van der Waals surface area contributed by atoms with Gasteiger partial charge in [-0.05, 0) is 72.7 Å². The van der Waals surface area contributed by atoms with E-state index >= 15 is 0 Å². The van der Waals surface area contributed by atoms with Gasteiger partial charge in [-0.25, -0.2) is 23.8 Å². The first kappa shape index (κ1) is 48.6. The Morgan fingerprint density at radius 1 is 0.574 bits per heavy atom. The summed E-state index contributed by atoms with van der Waals surface area (Å²) in [6.07, 6.45) is 15.0. The third-order valence-electron chi connectivity index (χ3n) is 13.3. The maximum Gasteiger partial charge on any atom is 0.410 e. The molecular formula is C49H69ClN16O2. The van der Waals surface area contributed by atoms with Gasteiger partial charge in [0.05, 0.1) is 58.6 Å². The van der Waals surface area contributed by atoms with Crippen molar-refractivity contribution in [2.24, 2.45) is 0 Å². The number of carbonyl (C=O) groups excluding carboxylic acids is 1. The molecule has 1 N–H and O–H groups in total. The van der Waals surface area contributed by atoms with Gasteiger partial charge in [0.15, 0.2) is 0 Å². The summed E-state index contributed by atoms with van der Waals surface area (Å²) in [4.78, 5) is 47.5. The van der Waals surface area contributed by atoms with Gasteiger partial charge in [0, 0.05) is 153 Å². The van der Waals surface area contributed by atoms with Crippen molar-refractivity contribution in [2.75, 3.05) is 124 Å². The molecule has 68 heavy (non-hydrogen) atoms. The number of nitrogens with zero attached hydrogens (tertiary/aromatic N) is 15. The van der Waals surface area contributed by atoms with Gasteiger partial charge in [-0.1, -0.05) is 0 Å². The van der Waals surface area contributed by atoms with Crippen LogP contribution in [0, 0.1) is 0 Å². The molecular weight excluding hydrogens is 880 g/mol. The van der Waals surface area contributed by atoms with E-state index in [4.69, 9.17) is 24.7 Å². The van der Waals surface area contributed by atoms with Crippen molar-refractivity contribution in [1.82, 2.24) is 59.2 Å². The fraction of sp³-hybridized carbons (Fsp3) is 0.531. The van der Waals surface area contributed by atoms with Gasteiger partial charge >= 0.3 is 6.09 Å². The summed E-state index contributed by atoms with van der Waals surface area (Å²) in [6, 6.07) is 9.61. The molecule has 1 amide bonds. The fourth-order valence-corrected chi connectivity index (χ4v) is 9.38. The van der Waals surface area contributed by atoms with Crippen LogP contribution in [0.4, 0.5) is 27.8 Å². The number of carbonyl (C=O) groups is 1. The van der Waals surface area contributed by atoms with E-state index in [1.54, 1.807) is 4.90 Å². The number of hydrogen-bond acceptors (Lipinski definition) is 15. The Morgan fingerprint density at radius 3 is 1.40 bits per heavy atom. The van der Waals surface area contributed by atoms with Crippen molar-refractivity contribution in [3.63, 3.8) is 0 Å². The van der Waals surface area contributed by atoms with Crippen LogP contribution in [0.2, 0.25) is 0 Å². The Hall–Kier alpha value is -5.82. The number of rotatable bonds is 8. The average molecular weight is 950 g/mol. The Labute approximate surface area is 406 Å². The molecule has 4 aliphatic heterocycles. The van der Waals surface area contributed by atoms with Crippen LogP contribution in [-0.4, -0.2) is 182 Å². The molecule has 0 aromatic carbocycles. The van der Waals surface area contributed by atoms with Gasteiger partial charge in [-0.3, -0.25) is 19.8 Å². The van der Waals surface area contributed by atoms with Crippen LogP contribution in [0.15, 0.2) is 73.8 Å². The first-order valence-electron chi connectivity index (χ1n) is 24.1. The molecule has 0 spiro atoms. The Bertz CT molecular complexity index is 2560. The van der Waals surface area contributed by atoms with Crippen molar-refractivity contribution in [3.05, 3.63) is 73.8 Å². The van der Waals surface area contributed by atoms with Crippen LogP contribution in [0.5, 0.6) is 0 Å². The average Bonchev–Trinajstić information content (AvgIpc) is 4.00. The molecule has 0 unspecified atom stereocenters. The van der Waals surface area contributed by atoms with Gasteiger partial charge in [-0.15, -0.1) is 12.4 Å². The lowest BCUT2D eigenvalue weighted by molar-refractivity contribution is 0.0240. The van der Waals surface area contributed by atoms with Gasteiger partial charge in [0.25, 0.3) is 0 Å². The highest BCUT2D eigenvalue weighted by Crippen LogP contribution is 2.30.